The van der Waals surface area contributed by atoms with Gasteiger partial charge < -0.3 is 0 Å². The van der Waals surface area contributed by atoms with E-state index in [1.165, 1.54) is 6.07 Å². The Morgan fingerprint density at radius 2 is 0.913 bits per heavy atom. The van der Waals surface area contributed by atoms with Crippen LogP contribution in [0.15, 0.2) is 30.3 Å². The van der Waals surface area contributed by atoms with Crippen LogP contribution in [0, 0.1) is 29.1 Å². The molecule has 0 nitrogen and oxygen atoms in total. The molecular weight excluding hydrogens is 339 g/mol. The summed E-state index contributed by atoms with van der Waals surface area (Å²) in [4.78, 5) is 0. The van der Waals surface area contributed by atoms with Crippen LogP contribution in [0.5, 0.6) is 0 Å². The number of hydrogen-bond acceptors (Lipinski definition) is 0. The third kappa shape index (κ3) is 2.43. The van der Waals surface area contributed by atoms with Gasteiger partial charge in [0.25, 0.3) is 0 Å². The molecule has 0 heterocycles. The van der Waals surface area contributed by atoms with E-state index in [1.807, 2.05) is 0 Å². The van der Waals surface area contributed by atoms with E-state index in [4.69, 9.17) is 0 Å². The molecular formula is C14H5F9. The van der Waals surface area contributed by atoms with Crippen molar-refractivity contribution in [2.45, 2.75) is 11.8 Å². The Labute approximate surface area is 123 Å². The van der Waals surface area contributed by atoms with E-state index in [2.05, 4.69) is 0 Å². The minimum absolute atomic E-state index is 0.528. The summed E-state index contributed by atoms with van der Waals surface area (Å²) >= 11 is 0. The van der Waals surface area contributed by atoms with Crippen molar-refractivity contribution in [2.75, 3.05) is 0 Å². The van der Waals surface area contributed by atoms with Gasteiger partial charge in [-0.25, -0.2) is 22.0 Å². The van der Waals surface area contributed by atoms with Gasteiger partial charge in [0.1, 0.15) is 5.56 Å². The van der Waals surface area contributed by atoms with Gasteiger partial charge in [0.15, 0.2) is 23.3 Å². The van der Waals surface area contributed by atoms with Gasteiger partial charge in [0, 0.05) is 5.56 Å². The van der Waals surface area contributed by atoms with E-state index in [0.717, 1.165) is 12.1 Å². The van der Waals surface area contributed by atoms with Gasteiger partial charge >= 0.3 is 11.8 Å². The van der Waals surface area contributed by atoms with Gasteiger partial charge in [-0.3, -0.25) is 0 Å². The lowest BCUT2D eigenvalue weighted by Crippen LogP contribution is -2.38. The van der Waals surface area contributed by atoms with Crippen LogP contribution in [0.25, 0.3) is 0 Å². The van der Waals surface area contributed by atoms with Crippen molar-refractivity contribution in [3.8, 4) is 0 Å². The normalized spacial score (nSPS) is 12.6. The molecule has 0 atom stereocenters. The second-order valence-electron chi connectivity index (χ2n) is 4.46. The van der Waals surface area contributed by atoms with Crippen molar-refractivity contribution in [1.29, 1.82) is 0 Å². The van der Waals surface area contributed by atoms with Crippen molar-refractivity contribution in [2.24, 2.45) is 0 Å². The van der Waals surface area contributed by atoms with E-state index < -0.39 is 52.1 Å². The highest BCUT2D eigenvalue weighted by molar-refractivity contribution is 5.33. The molecule has 0 amide bonds. The summed E-state index contributed by atoms with van der Waals surface area (Å²) in [5, 5.41) is 0. The summed E-state index contributed by atoms with van der Waals surface area (Å²) in [6, 6.07) is 4.14. The maximum absolute atomic E-state index is 13.9. The highest BCUT2D eigenvalue weighted by atomic mass is 19.3. The predicted molar refractivity (Wildman–Crippen MR) is 60.5 cm³/mol. The first-order valence-electron chi connectivity index (χ1n) is 5.86. The molecule has 0 unspecified atom stereocenters. The second kappa shape index (κ2) is 5.47. The van der Waals surface area contributed by atoms with Gasteiger partial charge in [0.2, 0.25) is 5.82 Å². The van der Waals surface area contributed by atoms with Crippen LogP contribution >= 0.6 is 0 Å². The molecule has 2 aromatic carbocycles. The molecule has 0 N–H and O–H groups in total. The van der Waals surface area contributed by atoms with Crippen LogP contribution in [0.2, 0.25) is 0 Å². The smallest absolute Gasteiger partial charge is 0.203 e. The molecule has 2 rings (SSSR count). The van der Waals surface area contributed by atoms with E-state index >= 15 is 0 Å². The number of alkyl halides is 4. The lowest BCUT2D eigenvalue weighted by molar-refractivity contribution is -0.227. The Morgan fingerprint density at radius 1 is 0.522 bits per heavy atom. The zero-order valence-corrected chi connectivity index (χ0v) is 10.8. The third-order valence-electron chi connectivity index (χ3n) is 3.05. The standard InChI is InChI=1S/C14H5F9/c15-8-7(9(16)11(18)12(19)10(8)17)14(22,23)13(20,21)6-4-2-1-3-5-6/h1-5H. The van der Waals surface area contributed by atoms with Crippen LogP contribution in [-0.2, 0) is 11.8 Å². The van der Waals surface area contributed by atoms with Gasteiger partial charge in [-0.2, -0.15) is 17.6 Å². The van der Waals surface area contributed by atoms with E-state index in [1.54, 1.807) is 0 Å². The molecule has 0 aliphatic rings. The molecule has 2 aromatic rings. The van der Waals surface area contributed by atoms with Gasteiger partial charge in [-0.15, -0.1) is 0 Å². The average Bonchev–Trinajstić information content (AvgIpc) is 2.51. The number of halogens is 9. The fraction of sp³-hybridized carbons (Fsp3) is 0.143. The molecule has 0 fully saturated rings. The van der Waals surface area contributed by atoms with Crippen molar-refractivity contribution in [3.05, 3.63) is 70.5 Å². The van der Waals surface area contributed by atoms with Gasteiger partial charge in [-0.05, 0) is 0 Å². The monoisotopic (exact) mass is 344 g/mol. The summed E-state index contributed by atoms with van der Waals surface area (Å²) in [6.07, 6.45) is 0. The largest absolute Gasteiger partial charge is 0.345 e. The molecule has 0 radical (unpaired) electrons. The van der Waals surface area contributed by atoms with Crippen LogP contribution in [-0.4, -0.2) is 0 Å². The van der Waals surface area contributed by atoms with Crippen molar-refractivity contribution < 1.29 is 39.5 Å². The Kier molecular flexibility index (Phi) is 4.08. The van der Waals surface area contributed by atoms with Crippen LogP contribution in [0.4, 0.5) is 39.5 Å². The number of benzene rings is 2. The van der Waals surface area contributed by atoms with E-state index in [9.17, 15) is 39.5 Å². The molecule has 0 spiro atoms. The number of rotatable bonds is 3. The molecule has 0 bridgehead atoms. The summed E-state index contributed by atoms with van der Waals surface area (Å²) < 4.78 is 121. The maximum atomic E-state index is 13.9. The zero-order chi connectivity index (χ0) is 17.6. The molecule has 0 aromatic heterocycles. The van der Waals surface area contributed by atoms with Crippen LogP contribution in [0.3, 0.4) is 0 Å². The summed E-state index contributed by atoms with van der Waals surface area (Å²) in [5.41, 5.74) is -4.24. The lowest BCUT2D eigenvalue weighted by atomic mass is 9.95. The van der Waals surface area contributed by atoms with Crippen LogP contribution in [0.1, 0.15) is 11.1 Å². The van der Waals surface area contributed by atoms with Gasteiger partial charge in [0.05, 0.1) is 0 Å². The fourth-order valence-corrected chi connectivity index (χ4v) is 1.87. The quantitative estimate of drug-likeness (QED) is 0.404. The molecule has 9 heteroatoms. The van der Waals surface area contributed by atoms with E-state index in [0.29, 0.717) is 12.1 Å². The third-order valence-corrected chi connectivity index (χ3v) is 3.05. The predicted octanol–water partition coefficient (Wildman–Crippen LogP) is 5.27. The van der Waals surface area contributed by atoms with Crippen molar-refractivity contribution >= 4 is 0 Å². The minimum atomic E-state index is -5.68. The first kappa shape index (κ1) is 17.2. The lowest BCUT2D eigenvalue weighted by Gasteiger charge is -2.28. The van der Waals surface area contributed by atoms with Crippen LogP contribution < -0.4 is 0 Å². The number of hydrogen-bond donors (Lipinski definition) is 0. The molecule has 0 saturated heterocycles. The Bertz CT molecular complexity index is 709. The summed E-state index contributed by atoms with van der Waals surface area (Å²) in [6.45, 7) is 0. The summed E-state index contributed by atoms with van der Waals surface area (Å²) in [5.74, 6) is -25.1. The molecule has 124 valence electrons. The van der Waals surface area contributed by atoms with Crippen molar-refractivity contribution in [1.82, 2.24) is 0 Å². The van der Waals surface area contributed by atoms with E-state index in [-0.39, 0.29) is 0 Å². The Balaban J connectivity index is 2.75. The second-order valence-corrected chi connectivity index (χ2v) is 4.46. The molecule has 0 aliphatic heterocycles. The fourth-order valence-electron chi connectivity index (χ4n) is 1.87. The SMILES string of the molecule is Fc1c(F)c(F)c(C(F)(F)C(F)(F)c2ccccc2)c(F)c1F. The van der Waals surface area contributed by atoms with Crippen molar-refractivity contribution in [3.63, 3.8) is 0 Å². The zero-order valence-electron chi connectivity index (χ0n) is 10.8. The Hall–Kier alpha value is -2.19. The van der Waals surface area contributed by atoms with Gasteiger partial charge in [-0.1, -0.05) is 30.3 Å². The molecule has 0 aliphatic carbocycles. The Morgan fingerprint density at radius 3 is 1.35 bits per heavy atom. The topological polar surface area (TPSA) is 0 Å². The highest BCUT2D eigenvalue weighted by Gasteiger charge is 2.62. The first-order chi connectivity index (χ1) is 10.5. The first-order valence-corrected chi connectivity index (χ1v) is 5.86. The maximum Gasteiger partial charge on any atom is 0.345 e. The minimum Gasteiger partial charge on any atom is -0.203 e. The summed E-state index contributed by atoms with van der Waals surface area (Å²) in [7, 11) is 0. The molecule has 23 heavy (non-hydrogen) atoms. The average molecular weight is 344 g/mol. The molecule has 0 saturated carbocycles. The highest BCUT2D eigenvalue weighted by Crippen LogP contribution is 2.51.